The molecule has 2 aromatic rings. The van der Waals surface area contributed by atoms with Crippen molar-refractivity contribution < 1.29 is 9.21 Å². The Morgan fingerprint density at radius 1 is 1.36 bits per heavy atom. The smallest absolute Gasteiger partial charge is 0.277 e. The molecule has 114 valence electrons. The van der Waals surface area contributed by atoms with Gasteiger partial charge in [0.2, 0.25) is 11.8 Å². The van der Waals surface area contributed by atoms with E-state index in [1.54, 1.807) is 7.05 Å². The average molecular weight is 316 g/mol. The summed E-state index contributed by atoms with van der Waals surface area (Å²) in [5, 5.41) is 16.8. The lowest BCUT2D eigenvalue weighted by Crippen LogP contribution is -2.29. The van der Waals surface area contributed by atoms with Crippen LogP contribution >= 0.6 is 11.8 Å². The fourth-order valence-corrected chi connectivity index (χ4v) is 2.44. The second-order valence-corrected chi connectivity index (χ2v) is 5.56. The summed E-state index contributed by atoms with van der Waals surface area (Å²) >= 11 is 1.21. The first-order valence-electron chi connectivity index (χ1n) is 6.79. The second kappa shape index (κ2) is 8.20. The quantitative estimate of drug-likeness (QED) is 0.728. The van der Waals surface area contributed by atoms with Crippen molar-refractivity contribution >= 4 is 17.7 Å². The van der Waals surface area contributed by atoms with Crippen LogP contribution in [-0.4, -0.2) is 40.3 Å². The van der Waals surface area contributed by atoms with E-state index in [0.29, 0.717) is 30.5 Å². The Balaban J connectivity index is 1.82. The van der Waals surface area contributed by atoms with Crippen molar-refractivity contribution in [2.24, 2.45) is 0 Å². The zero-order valence-electron chi connectivity index (χ0n) is 12.2. The molecule has 0 atom stereocenters. The summed E-state index contributed by atoms with van der Waals surface area (Å²) < 4.78 is 5.52. The van der Waals surface area contributed by atoms with Crippen LogP contribution in [0.5, 0.6) is 0 Å². The third-order valence-corrected chi connectivity index (χ3v) is 3.75. The molecule has 0 spiro atoms. The summed E-state index contributed by atoms with van der Waals surface area (Å²) in [6, 6.07) is 11.9. The number of benzene rings is 1. The lowest BCUT2D eigenvalue weighted by molar-refractivity contribution is -0.127. The van der Waals surface area contributed by atoms with Gasteiger partial charge in [0.05, 0.1) is 24.7 Å². The standard InChI is InChI=1S/C15H16N4O2S/c1-19(9-5-8-16)14(20)11-22-15-18-17-13(21-15)10-12-6-3-2-4-7-12/h2-4,6-7H,5,9-11H2,1H3. The van der Waals surface area contributed by atoms with E-state index in [1.807, 2.05) is 36.4 Å². The van der Waals surface area contributed by atoms with Crippen LogP contribution < -0.4 is 0 Å². The molecule has 1 aromatic carbocycles. The monoisotopic (exact) mass is 316 g/mol. The lowest BCUT2D eigenvalue weighted by Gasteiger charge is -2.13. The van der Waals surface area contributed by atoms with Crippen LogP contribution in [0.4, 0.5) is 0 Å². The molecule has 0 unspecified atom stereocenters. The Bertz CT molecular complexity index is 651. The predicted octanol–water partition coefficient (Wildman–Crippen LogP) is 2.12. The van der Waals surface area contributed by atoms with E-state index in [1.165, 1.54) is 16.7 Å². The van der Waals surface area contributed by atoms with Crippen LogP contribution in [0.25, 0.3) is 0 Å². The molecule has 22 heavy (non-hydrogen) atoms. The first kappa shape index (κ1) is 16.0. The Morgan fingerprint density at radius 3 is 2.86 bits per heavy atom. The van der Waals surface area contributed by atoms with Gasteiger partial charge in [0, 0.05) is 13.6 Å². The molecule has 6 nitrogen and oxygen atoms in total. The van der Waals surface area contributed by atoms with E-state index in [4.69, 9.17) is 9.68 Å². The van der Waals surface area contributed by atoms with E-state index < -0.39 is 0 Å². The SMILES string of the molecule is CN(CCC#N)C(=O)CSc1nnc(Cc2ccccc2)o1. The molecule has 0 aliphatic rings. The molecule has 7 heteroatoms. The van der Waals surface area contributed by atoms with Gasteiger partial charge in [-0.25, -0.2) is 0 Å². The third-order valence-electron chi connectivity index (χ3n) is 2.95. The Hall–Kier alpha value is -2.33. The van der Waals surface area contributed by atoms with Crippen LogP contribution in [0.15, 0.2) is 40.0 Å². The first-order valence-corrected chi connectivity index (χ1v) is 7.77. The molecule has 0 saturated heterocycles. The molecule has 1 amide bonds. The maximum absolute atomic E-state index is 11.8. The van der Waals surface area contributed by atoms with E-state index in [9.17, 15) is 4.79 Å². The Kier molecular flexibility index (Phi) is 5.98. The molecule has 0 N–H and O–H groups in total. The molecule has 0 fully saturated rings. The van der Waals surface area contributed by atoms with E-state index in [-0.39, 0.29) is 11.7 Å². The largest absolute Gasteiger partial charge is 0.416 e. The van der Waals surface area contributed by atoms with Gasteiger partial charge in [0.1, 0.15) is 0 Å². The summed E-state index contributed by atoms with van der Waals surface area (Å²) in [6.07, 6.45) is 0.902. The Labute approximate surface area is 133 Å². The highest BCUT2D eigenvalue weighted by Gasteiger charge is 2.12. The van der Waals surface area contributed by atoms with Gasteiger partial charge < -0.3 is 9.32 Å². The molecule has 0 saturated carbocycles. The van der Waals surface area contributed by atoms with Gasteiger partial charge in [-0.2, -0.15) is 5.26 Å². The molecule has 0 aliphatic heterocycles. The number of hydrogen-bond donors (Lipinski definition) is 0. The van der Waals surface area contributed by atoms with Gasteiger partial charge in [-0.3, -0.25) is 4.79 Å². The minimum atomic E-state index is -0.0666. The molecule has 2 rings (SSSR count). The van der Waals surface area contributed by atoms with Crippen LogP contribution in [0, 0.1) is 11.3 Å². The van der Waals surface area contributed by atoms with Crippen LogP contribution in [0.2, 0.25) is 0 Å². The van der Waals surface area contributed by atoms with Crippen molar-refractivity contribution in [3.8, 4) is 6.07 Å². The van der Waals surface area contributed by atoms with Crippen molar-refractivity contribution in [3.05, 3.63) is 41.8 Å². The maximum atomic E-state index is 11.8. The third kappa shape index (κ3) is 4.90. The van der Waals surface area contributed by atoms with Crippen LogP contribution in [0.3, 0.4) is 0 Å². The normalized spacial score (nSPS) is 10.2. The fraction of sp³-hybridized carbons (Fsp3) is 0.333. The Morgan fingerprint density at radius 2 is 2.14 bits per heavy atom. The zero-order valence-corrected chi connectivity index (χ0v) is 13.0. The highest BCUT2D eigenvalue weighted by Crippen LogP contribution is 2.18. The number of carbonyl (C=O) groups is 1. The minimum Gasteiger partial charge on any atom is -0.416 e. The number of thioether (sulfide) groups is 1. The van der Waals surface area contributed by atoms with Crippen LogP contribution in [0.1, 0.15) is 17.9 Å². The number of carbonyl (C=O) groups excluding carboxylic acids is 1. The minimum absolute atomic E-state index is 0.0666. The number of aromatic nitrogens is 2. The zero-order chi connectivity index (χ0) is 15.8. The molecule has 0 bridgehead atoms. The van der Waals surface area contributed by atoms with Gasteiger partial charge in [-0.15, -0.1) is 10.2 Å². The van der Waals surface area contributed by atoms with Gasteiger partial charge in [-0.1, -0.05) is 42.1 Å². The van der Waals surface area contributed by atoms with Crippen molar-refractivity contribution in [2.75, 3.05) is 19.3 Å². The van der Waals surface area contributed by atoms with Gasteiger partial charge in [0.15, 0.2) is 0 Å². The lowest BCUT2D eigenvalue weighted by atomic mass is 10.2. The summed E-state index contributed by atoms with van der Waals surface area (Å²) in [5.74, 6) is 0.677. The maximum Gasteiger partial charge on any atom is 0.277 e. The van der Waals surface area contributed by atoms with Gasteiger partial charge in [-0.05, 0) is 5.56 Å². The summed E-state index contributed by atoms with van der Waals surface area (Å²) in [5.41, 5.74) is 1.09. The topological polar surface area (TPSA) is 83.0 Å². The first-order chi connectivity index (χ1) is 10.7. The molecule has 0 radical (unpaired) electrons. The summed E-state index contributed by atoms with van der Waals surface area (Å²) in [4.78, 5) is 13.4. The van der Waals surface area contributed by atoms with Crippen LogP contribution in [-0.2, 0) is 11.2 Å². The molecule has 1 aromatic heterocycles. The highest BCUT2D eigenvalue weighted by molar-refractivity contribution is 7.99. The van der Waals surface area contributed by atoms with E-state index in [2.05, 4.69) is 10.2 Å². The molecular formula is C15H16N4O2S. The van der Waals surface area contributed by atoms with Crippen molar-refractivity contribution in [2.45, 2.75) is 18.1 Å². The highest BCUT2D eigenvalue weighted by atomic mass is 32.2. The van der Waals surface area contributed by atoms with Crippen molar-refractivity contribution in [3.63, 3.8) is 0 Å². The number of amides is 1. The van der Waals surface area contributed by atoms with Gasteiger partial charge >= 0.3 is 0 Å². The summed E-state index contributed by atoms with van der Waals surface area (Å²) in [7, 11) is 1.68. The van der Waals surface area contributed by atoms with E-state index in [0.717, 1.165) is 5.56 Å². The molecular weight excluding hydrogens is 300 g/mol. The fourth-order valence-electron chi connectivity index (χ4n) is 1.71. The molecule has 0 aliphatic carbocycles. The summed E-state index contributed by atoms with van der Waals surface area (Å²) in [6.45, 7) is 0.430. The second-order valence-electron chi connectivity index (χ2n) is 4.64. The number of nitriles is 1. The number of rotatable bonds is 7. The number of nitrogens with zero attached hydrogens (tertiary/aromatic N) is 4. The van der Waals surface area contributed by atoms with Crippen molar-refractivity contribution in [1.82, 2.24) is 15.1 Å². The predicted molar refractivity (Wildman–Crippen MR) is 82.1 cm³/mol. The van der Waals surface area contributed by atoms with Gasteiger partial charge in [0.25, 0.3) is 5.22 Å². The number of hydrogen-bond acceptors (Lipinski definition) is 6. The average Bonchev–Trinajstić information content (AvgIpc) is 2.98. The van der Waals surface area contributed by atoms with Crippen molar-refractivity contribution in [1.29, 1.82) is 5.26 Å². The van der Waals surface area contributed by atoms with E-state index >= 15 is 0 Å². The molecule has 1 heterocycles.